The number of benzene rings is 2. The Kier molecular flexibility index (Phi) is 3.23. The number of alkyl halides is 2. The molecule has 0 bridgehead atoms. The van der Waals surface area contributed by atoms with E-state index in [4.69, 9.17) is 0 Å². The topological polar surface area (TPSA) is 37.3 Å². The number of aromatic carboxylic acids is 1. The highest BCUT2D eigenvalue weighted by molar-refractivity contribution is 9.12. The maximum absolute atomic E-state index is 11.4. The second kappa shape index (κ2) is 4.76. The van der Waals surface area contributed by atoms with Crippen molar-refractivity contribution < 1.29 is 9.90 Å². The lowest BCUT2D eigenvalue weighted by Crippen LogP contribution is -2.12. The highest BCUT2D eigenvalue weighted by Gasteiger charge is 2.32. The summed E-state index contributed by atoms with van der Waals surface area (Å²) in [4.78, 5) is 11.6. The molecule has 0 heterocycles. The molecule has 3 rings (SSSR count). The Labute approximate surface area is 127 Å². The zero-order valence-electron chi connectivity index (χ0n) is 9.81. The zero-order chi connectivity index (χ0) is 13.6. The maximum atomic E-state index is 11.4. The first-order valence-electron chi connectivity index (χ1n) is 5.85. The molecule has 0 saturated carbocycles. The number of carboxylic acids is 1. The quantitative estimate of drug-likeness (QED) is 0.710. The van der Waals surface area contributed by atoms with Crippen molar-refractivity contribution in [1.29, 1.82) is 0 Å². The molecule has 2 nitrogen and oxygen atoms in total. The van der Waals surface area contributed by atoms with Crippen molar-refractivity contribution in [2.24, 2.45) is 0 Å². The fourth-order valence-electron chi connectivity index (χ4n) is 2.56. The van der Waals surface area contributed by atoms with Gasteiger partial charge >= 0.3 is 5.97 Å². The molecule has 0 radical (unpaired) electrons. The van der Waals surface area contributed by atoms with Crippen molar-refractivity contribution in [3.05, 3.63) is 59.2 Å². The van der Waals surface area contributed by atoms with Crippen molar-refractivity contribution in [2.45, 2.75) is 9.65 Å². The number of hydrogen-bond acceptors (Lipinski definition) is 1. The van der Waals surface area contributed by atoms with E-state index < -0.39 is 5.97 Å². The van der Waals surface area contributed by atoms with Gasteiger partial charge in [-0.3, -0.25) is 0 Å². The Morgan fingerprint density at radius 3 is 2.32 bits per heavy atom. The first-order chi connectivity index (χ1) is 9.11. The van der Waals surface area contributed by atoms with Crippen LogP contribution in [-0.2, 0) is 0 Å². The normalized spacial score (nSPS) is 20.5. The minimum atomic E-state index is -0.889. The number of carbonyl (C=O) groups is 1. The van der Waals surface area contributed by atoms with E-state index in [0.717, 1.165) is 22.3 Å². The van der Waals surface area contributed by atoms with Gasteiger partial charge in [-0.25, -0.2) is 4.79 Å². The molecule has 2 aromatic rings. The van der Waals surface area contributed by atoms with Gasteiger partial charge in [-0.2, -0.15) is 0 Å². The SMILES string of the molecule is O=C(O)c1cccc2c1-c1ccccc1[C@H](Br)[C@H]2Br. The van der Waals surface area contributed by atoms with Crippen molar-refractivity contribution in [1.82, 2.24) is 0 Å². The summed E-state index contributed by atoms with van der Waals surface area (Å²) in [6.45, 7) is 0. The molecule has 0 spiro atoms. The van der Waals surface area contributed by atoms with Crippen LogP contribution in [0.4, 0.5) is 0 Å². The predicted molar refractivity (Wildman–Crippen MR) is 82.2 cm³/mol. The summed E-state index contributed by atoms with van der Waals surface area (Å²) < 4.78 is 0. The monoisotopic (exact) mass is 380 g/mol. The third-order valence-corrected chi connectivity index (χ3v) is 6.16. The van der Waals surface area contributed by atoms with Crippen molar-refractivity contribution in [2.75, 3.05) is 0 Å². The first-order valence-corrected chi connectivity index (χ1v) is 7.68. The van der Waals surface area contributed by atoms with Crippen molar-refractivity contribution >= 4 is 37.8 Å². The van der Waals surface area contributed by atoms with Crippen LogP contribution in [0, 0.1) is 0 Å². The lowest BCUT2D eigenvalue weighted by Gasteiger charge is -2.29. The van der Waals surface area contributed by atoms with Crippen LogP contribution in [0.2, 0.25) is 0 Å². The molecular formula is C15H10Br2O2. The summed E-state index contributed by atoms with van der Waals surface area (Å²) in [6, 6.07) is 13.4. The van der Waals surface area contributed by atoms with Gasteiger partial charge in [0.2, 0.25) is 0 Å². The van der Waals surface area contributed by atoms with Crippen LogP contribution < -0.4 is 0 Å². The maximum Gasteiger partial charge on any atom is 0.336 e. The van der Waals surface area contributed by atoms with E-state index in [1.54, 1.807) is 12.1 Å². The Bertz CT molecular complexity index is 667. The fourth-order valence-corrected chi connectivity index (χ4v) is 3.91. The van der Waals surface area contributed by atoms with E-state index in [1.165, 1.54) is 0 Å². The van der Waals surface area contributed by atoms with Gasteiger partial charge in [-0.15, -0.1) is 0 Å². The molecule has 2 atom stereocenters. The highest BCUT2D eigenvalue weighted by Crippen LogP contribution is 2.53. The number of fused-ring (bicyclic) bond motifs is 3. The molecule has 0 aromatic heterocycles. The minimum absolute atomic E-state index is 0.0664. The lowest BCUT2D eigenvalue weighted by atomic mass is 9.83. The van der Waals surface area contributed by atoms with Crippen LogP contribution in [-0.4, -0.2) is 11.1 Å². The molecule has 1 N–H and O–H groups in total. The van der Waals surface area contributed by atoms with Crippen LogP contribution in [0.3, 0.4) is 0 Å². The molecule has 4 heteroatoms. The van der Waals surface area contributed by atoms with Crippen LogP contribution in [0.5, 0.6) is 0 Å². The molecule has 0 fully saturated rings. The molecule has 1 aliphatic carbocycles. The van der Waals surface area contributed by atoms with Crippen molar-refractivity contribution in [3.63, 3.8) is 0 Å². The Balaban J connectivity index is 2.38. The van der Waals surface area contributed by atoms with Gasteiger partial charge in [-0.05, 0) is 22.8 Å². The Morgan fingerprint density at radius 2 is 1.58 bits per heavy atom. The molecule has 0 aliphatic heterocycles. The van der Waals surface area contributed by atoms with E-state index >= 15 is 0 Å². The molecule has 0 unspecified atom stereocenters. The van der Waals surface area contributed by atoms with Crippen LogP contribution in [0.15, 0.2) is 42.5 Å². The third-order valence-electron chi connectivity index (χ3n) is 3.41. The van der Waals surface area contributed by atoms with Crippen LogP contribution >= 0.6 is 31.9 Å². The predicted octanol–water partition coefficient (Wildman–Crippen LogP) is 4.94. The smallest absolute Gasteiger partial charge is 0.336 e. The molecule has 19 heavy (non-hydrogen) atoms. The largest absolute Gasteiger partial charge is 0.478 e. The van der Waals surface area contributed by atoms with Gasteiger partial charge in [0.25, 0.3) is 0 Å². The second-order valence-corrected chi connectivity index (χ2v) is 6.44. The van der Waals surface area contributed by atoms with E-state index in [0.29, 0.717) is 5.56 Å². The Hall–Kier alpha value is -1.13. The summed E-state index contributed by atoms with van der Waals surface area (Å²) in [6.07, 6.45) is 0. The average Bonchev–Trinajstić information content (AvgIpc) is 2.44. The van der Waals surface area contributed by atoms with Gasteiger partial charge in [0, 0.05) is 5.56 Å². The van der Waals surface area contributed by atoms with E-state index in [1.807, 2.05) is 30.3 Å². The van der Waals surface area contributed by atoms with E-state index in [9.17, 15) is 9.90 Å². The highest BCUT2D eigenvalue weighted by atomic mass is 79.9. The number of rotatable bonds is 1. The molecule has 0 amide bonds. The second-order valence-electron chi connectivity index (χ2n) is 4.47. The summed E-state index contributed by atoms with van der Waals surface area (Å²) in [7, 11) is 0. The fraction of sp³-hybridized carbons (Fsp3) is 0.133. The summed E-state index contributed by atoms with van der Waals surface area (Å²) in [5.41, 5.74) is 4.30. The van der Waals surface area contributed by atoms with E-state index in [2.05, 4.69) is 31.9 Å². The van der Waals surface area contributed by atoms with E-state index in [-0.39, 0.29) is 9.65 Å². The third kappa shape index (κ3) is 1.94. The lowest BCUT2D eigenvalue weighted by molar-refractivity contribution is 0.0697. The molecule has 0 saturated heterocycles. The van der Waals surface area contributed by atoms with Gasteiger partial charge < -0.3 is 5.11 Å². The van der Waals surface area contributed by atoms with Crippen molar-refractivity contribution in [3.8, 4) is 11.1 Å². The Morgan fingerprint density at radius 1 is 0.947 bits per heavy atom. The molecule has 96 valence electrons. The molecule has 1 aliphatic rings. The van der Waals surface area contributed by atoms with Gasteiger partial charge in [0.15, 0.2) is 0 Å². The first kappa shape index (κ1) is 12.9. The standard InChI is InChI=1S/C15H10Br2O2/c16-13-9-5-2-1-4-8(9)12-10(14(13)17)6-3-7-11(12)15(18)19/h1-7,13-14H,(H,18,19)/t13-,14-/m0/s1. The average molecular weight is 382 g/mol. The van der Waals surface area contributed by atoms with Gasteiger partial charge in [-0.1, -0.05) is 68.3 Å². The molecular weight excluding hydrogens is 372 g/mol. The van der Waals surface area contributed by atoms with Gasteiger partial charge in [0.1, 0.15) is 0 Å². The summed E-state index contributed by atoms with van der Waals surface area (Å²) in [5.74, 6) is -0.889. The van der Waals surface area contributed by atoms with Gasteiger partial charge in [0.05, 0.1) is 15.2 Å². The molecule has 2 aromatic carbocycles. The summed E-state index contributed by atoms with van der Waals surface area (Å²) in [5, 5.41) is 9.39. The number of carboxylic acid groups (broad SMARTS) is 1. The van der Waals surface area contributed by atoms with Crippen LogP contribution in [0.25, 0.3) is 11.1 Å². The number of halogens is 2. The minimum Gasteiger partial charge on any atom is -0.478 e. The zero-order valence-corrected chi connectivity index (χ0v) is 13.0. The van der Waals surface area contributed by atoms with Crippen LogP contribution in [0.1, 0.15) is 31.1 Å². The summed E-state index contributed by atoms with van der Waals surface area (Å²) >= 11 is 7.36. The number of hydrogen-bond donors (Lipinski definition) is 1.